The summed E-state index contributed by atoms with van der Waals surface area (Å²) in [7, 11) is 0. The van der Waals surface area contributed by atoms with Gasteiger partial charge < -0.3 is 14.2 Å². The van der Waals surface area contributed by atoms with Crippen LogP contribution in [-0.2, 0) is 11.2 Å². The van der Waals surface area contributed by atoms with E-state index in [1.165, 1.54) is 11.2 Å². The Balaban J connectivity index is 1.43. The van der Waals surface area contributed by atoms with Gasteiger partial charge in [0.15, 0.2) is 0 Å². The highest BCUT2D eigenvalue weighted by atomic mass is 16.5. The summed E-state index contributed by atoms with van der Waals surface area (Å²) in [6, 6.07) is 13.5. The standard InChI is InChI=1S/C23H22N6O3/c1-16-4-2-7-20(21(16)29-25-8-9-26-29)23(30)28-10-11-31-14-19(28)13-17-5-3-6-18(12-17)22-24-15-32-27-22/h2-9,12,15,19H,10-11,13-14H2,1H3. The van der Waals surface area contributed by atoms with E-state index in [1.807, 2.05) is 54.3 Å². The second-order valence-corrected chi connectivity index (χ2v) is 7.68. The third-order valence-electron chi connectivity index (χ3n) is 5.59. The van der Waals surface area contributed by atoms with Crippen LogP contribution in [0.1, 0.15) is 21.5 Å². The molecule has 1 atom stereocenters. The molecule has 0 aliphatic carbocycles. The van der Waals surface area contributed by atoms with Crippen molar-refractivity contribution in [1.29, 1.82) is 0 Å². The molecular weight excluding hydrogens is 408 g/mol. The van der Waals surface area contributed by atoms with Crippen molar-refractivity contribution in [1.82, 2.24) is 30.0 Å². The maximum Gasteiger partial charge on any atom is 0.256 e. The minimum Gasteiger partial charge on any atom is -0.377 e. The Morgan fingerprint density at radius 2 is 2.00 bits per heavy atom. The zero-order chi connectivity index (χ0) is 21.9. The van der Waals surface area contributed by atoms with E-state index in [4.69, 9.17) is 9.26 Å². The summed E-state index contributed by atoms with van der Waals surface area (Å²) in [5, 5.41) is 12.4. The first-order chi connectivity index (χ1) is 15.7. The van der Waals surface area contributed by atoms with Gasteiger partial charge in [-0.2, -0.15) is 20.0 Å². The molecule has 1 unspecified atom stereocenters. The highest BCUT2D eigenvalue weighted by Crippen LogP contribution is 2.24. The molecule has 0 spiro atoms. The molecule has 9 nitrogen and oxygen atoms in total. The second-order valence-electron chi connectivity index (χ2n) is 7.68. The predicted molar refractivity (Wildman–Crippen MR) is 115 cm³/mol. The molecule has 162 valence electrons. The lowest BCUT2D eigenvalue weighted by atomic mass is 10.00. The average Bonchev–Trinajstić information content (AvgIpc) is 3.54. The first kappa shape index (κ1) is 20.1. The van der Waals surface area contributed by atoms with Crippen LogP contribution >= 0.6 is 0 Å². The Morgan fingerprint density at radius 1 is 1.16 bits per heavy atom. The Kier molecular flexibility index (Phi) is 5.47. The van der Waals surface area contributed by atoms with Gasteiger partial charge in [0.2, 0.25) is 12.2 Å². The van der Waals surface area contributed by atoms with Gasteiger partial charge in [-0.05, 0) is 36.6 Å². The second kappa shape index (κ2) is 8.72. The minimum absolute atomic E-state index is 0.0522. The third-order valence-corrected chi connectivity index (χ3v) is 5.59. The summed E-state index contributed by atoms with van der Waals surface area (Å²) in [6.07, 6.45) is 5.17. The van der Waals surface area contributed by atoms with Crippen molar-refractivity contribution < 1.29 is 14.1 Å². The number of hydrogen-bond donors (Lipinski definition) is 0. The molecule has 4 aromatic rings. The van der Waals surface area contributed by atoms with Crippen molar-refractivity contribution in [2.24, 2.45) is 0 Å². The van der Waals surface area contributed by atoms with Crippen LogP contribution in [0.2, 0.25) is 0 Å². The van der Waals surface area contributed by atoms with Crippen LogP contribution in [0.15, 0.2) is 65.8 Å². The van der Waals surface area contributed by atoms with E-state index in [-0.39, 0.29) is 11.9 Å². The molecule has 1 amide bonds. The highest BCUT2D eigenvalue weighted by Gasteiger charge is 2.30. The van der Waals surface area contributed by atoms with Crippen molar-refractivity contribution >= 4 is 5.91 Å². The lowest BCUT2D eigenvalue weighted by molar-refractivity contribution is -0.00165. The van der Waals surface area contributed by atoms with Gasteiger partial charge in [-0.25, -0.2) is 0 Å². The predicted octanol–water partition coefficient (Wildman–Crippen LogP) is 2.71. The molecule has 5 rings (SSSR count). The zero-order valence-corrected chi connectivity index (χ0v) is 17.6. The van der Waals surface area contributed by atoms with E-state index >= 15 is 0 Å². The van der Waals surface area contributed by atoms with Crippen LogP contribution in [0.4, 0.5) is 0 Å². The molecule has 0 bridgehead atoms. The first-order valence-corrected chi connectivity index (χ1v) is 10.4. The SMILES string of the molecule is Cc1cccc(C(=O)N2CCOCC2Cc2cccc(-c3ncon3)c2)c1-n1nccn1. The Morgan fingerprint density at radius 3 is 2.81 bits per heavy atom. The van der Waals surface area contributed by atoms with Crippen LogP contribution in [0.3, 0.4) is 0 Å². The minimum atomic E-state index is -0.101. The van der Waals surface area contributed by atoms with Crippen LogP contribution < -0.4 is 0 Å². The van der Waals surface area contributed by atoms with E-state index in [0.717, 1.165) is 16.7 Å². The van der Waals surface area contributed by atoms with E-state index in [9.17, 15) is 4.79 Å². The number of carbonyl (C=O) groups excluding carboxylic acids is 1. The van der Waals surface area contributed by atoms with Crippen LogP contribution in [0.5, 0.6) is 0 Å². The van der Waals surface area contributed by atoms with Crippen LogP contribution in [0, 0.1) is 6.92 Å². The molecule has 0 radical (unpaired) electrons. The largest absolute Gasteiger partial charge is 0.377 e. The molecule has 1 aliphatic rings. The average molecular weight is 430 g/mol. The molecule has 2 aromatic heterocycles. The van der Waals surface area contributed by atoms with Gasteiger partial charge in [0.25, 0.3) is 5.91 Å². The topological polar surface area (TPSA) is 99.2 Å². The smallest absolute Gasteiger partial charge is 0.256 e. The van der Waals surface area contributed by atoms with Crippen molar-refractivity contribution in [3.05, 3.63) is 77.9 Å². The van der Waals surface area contributed by atoms with Gasteiger partial charge in [0.1, 0.15) is 5.69 Å². The van der Waals surface area contributed by atoms with Crippen molar-refractivity contribution in [3.8, 4) is 17.1 Å². The Hall–Kier alpha value is -3.85. The molecule has 1 aliphatic heterocycles. The quantitative estimate of drug-likeness (QED) is 0.480. The van der Waals surface area contributed by atoms with Gasteiger partial charge in [-0.3, -0.25) is 4.79 Å². The van der Waals surface area contributed by atoms with Crippen molar-refractivity contribution in [2.45, 2.75) is 19.4 Å². The Labute approximate surface area is 184 Å². The molecular formula is C23H22N6O3. The maximum absolute atomic E-state index is 13.7. The summed E-state index contributed by atoms with van der Waals surface area (Å²) in [4.78, 5) is 21.2. The molecule has 3 heterocycles. The van der Waals surface area contributed by atoms with E-state index in [0.29, 0.717) is 43.3 Å². The van der Waals surface area contributed by atoms with E-state index in [2.05, 4.69) is 20.3 Å². The number of benzene rings is 2. The summed E-state index contributed by atoms with van der Waals surface area (Å²) >= 11 is 0. The summed E-state index contributed by atoms with van der Waals surface area (Å²) < 4.78 is 10.6. The normalized spacial score (nSPS) is 16.3. The third kappa shape index (κ3) is 3.90. The van der Waals surface area contributed by atoms with Crippen molar-refractivity contribution in [2.75, 3.05) is 19.8 Å². The van der Waals surface area contributed by atoms with Crippen LogP contribution in [0.25, 0.3) is 17.1 Å². The molecule has 32 heavy (non-hydrogen) atoms. The number of ether oxygens (including phenoxy) is 1. The fourth-order valence-corrected chi connectivity index (χ4v) is 4.08. The number of hydrogen-bond acceptors (Lipinski definition) is 7. The maximum atomic E-state index is 13.7. The number of para-hydroxylation sites is 1. The molecule has 0 saturated carbocycles. The molecule has 0 N–H and O–H groups in total. The van der Waals surface area contributed by atoms with Gasteiger partial charge in [0, 0.05) is 12.1 Å². The summed E-state index contributed by atoms with van der Waals surface area (Å²) in [6.45, 7) is 3.45. The van der Waals surface area contributed by atoms with E-state index in [1.54, 1.807) is 12.4 Å². The van der Waals surface area contributed by atoms with Gasteiger partial charge in [-0.1, -0.05) is 35.5 Å². The zero-order valence-electron chi connectivity index (χ0n) is 17.6. The number of amides is 1. The number of aromatic nitrogens is 5. The van der Waals surface area contributed by atoms with Gasteiger partial charge in [0.05, 0.1) is 37.2 Å². The fraction of sp³-hybridized carbons (Fsp3) is 0.261. The molecule has 1 fully saturated rings. The van der Waals surface area contributed by atoms with Gasteiger partial charge in [-0.15, -0.1) is 0 Å². The number of carbonyl (C=O) groups is 1. The highest BCUT2D eigenvalue weighted by molar-refractivity contribution is 5.98. The van der Waals surface area contributed by atoms with Gasteiger partial charge >= 0.3 is 0 Å². The van der Waals surface area contributed by atoms with Crippen molar-refractivity contribution in [3.63, 3.8) is 0 Å². The summed E-state index contributed by atoms with van der Waals surface area (Å²) in [5.74, 6) is 0.486. The molecule has 1 saturated heterocycles. The lowest BCUT2D eigenvalue weighted by Gasteiger charge is -2.36. The van der Waals surface area contributed by atoms with E-state index < -0.39 is 0 Å². The molecule has 2 aromatic carbocycles. The summed E-state index contributed by atoms with van der Waals surface area (Å²) in [5.41, 5.74) is 4.15. The number of rotatable bonds is 5. The number of aryl methyl sites for hydroxylation is 1. The number of morpholine rings is 1. The lowest BCUT2D eigenvalue weighted by Crippen LogP contribution is -2.50. The fourth-order valence-electron chi connectivity index (χ4n) is 4.08. The molecule has 9 heteroatoms. The first-order valence-electron chi connectivity index (χ1n) is 10.4. The number of nitrogens with zero attached hydrogens (tertiary/aromatic N) is 6. The monoisotopic (exact) mass is 430 g/mol. The Bertz CT molecular complexity index is 1210. The van der Waals surface area contributed by atoms with Crippen LogP contribution in [-0.4, -0.2) is 61.7 Å².